The second-order valence-electron chi connectivity index (χ2n) is 7.33. The van der Waals surface area contributed by atoms with Crippen molar-refractivity contribution in [1.82, 2.24) is 0 Å². The first-order chi connectivity index (χ1) is 12.4. The van der Waals surface area contributed by atoms with Gasteiger partial charge in [-0.15, -0.1) is 23.2 Å². The van der Waals surface area contributed by atoms with Gasteiger partial charge in [-0.1, -0.05) is 45.9 Å². The molecule has 2 aromatic carbocycles. The molecule has 4 heteroatoms. The Kier molecular flexibility index (Phi) is 8.12. The van der Waals surface area contributed by atoms with E-state index in [9.17, 15) is 0 Å². The molecule has 0 unspecified atom stereocenters. The van der Waals surface area contributed by atoms with Crippen LogP contribution in [0.4, 0.5) is 0 Å². The van der Waals surface area contributed by atoms with Gasteiger partial charge in [0.05, 0.1) is 13.2 Å². The molecular weight excluding hydrogens is 367 g/mol. The van der Waals surface area contributed by atoms with Gasteiger partial charge in [0, 0.05) is 11.8 Å². The fourth-order valence-corrected chi connectivity index (χ4v) is 2.91. The van der Waals surface area contributed by atoms with Crippen LogP contribution in [0.1, 0.15) is 38.8 Å². The highest BCUT2D eigenvalue weighted by Crippen LogP contribution is 2.35. The number of hydrogen-bond donors (Lipinski definition) is 0. The lowest BCUT2D eigenvalue weighted by molar-refractivity contribution is 0.229. The lowest BCUT2D eigenvalue weighted by Gasteiger charge is -2.17. The molecule has 0 aromatic heterocycles. The third kappa shape index (κ3) is 5.82. The molecule has 0 bridgehead atoms. The summed E-state index contributed by atoms with van der Waals surface area (Å²) in [4.78, 5) is 0. The molecule has 0 aliphatic heterocycles. The van der Waals surface area contributed by atoms with Crippen molar-refractivity contribution in [1.29, 1.82) is 0 Å². The van der Waals surface area contributed by atoms with E-state index in [0.29, 0.717) is 36.8 Å². The number of alkyl halides is 2. The minimum absolute atomic E-state index is 0.439. The van der Waals surface area contributed by atoms with Gasteiger partial charge in [0.15, 0.2) is 11.5 Å². The van der Waals surface area contributed by atoms with E-state index in [2.05, 4.69) is 39.8 Å². The van der Waals surface area contributed by atoms with E-state index in [-0.39, 0.29) is 0 Å². The summed E-state index contributed by atoms with van der Waals surface area (Å²) in [6.45, 7) is 9.83. The van der Waals surface area contributed by atoms with Crippen LogP contribution in [0, 0.1) is 11.8 Å². The van der Waals surface area contributed by atoms with Crippen molar-refractivity contribution in [3.05, 3.63) is 47.5 Å². The second kappa shape index (κ2) is 10.1. The van der Waals surface area contributed by atoms with E-state index < -0.39 is 0 Å². The van der Waals surface area contributed by atoms with Gasteiger partial charge in [-0.25, -0.2) is 0 Å². The molecule has 0 radical (unpaired) electrons. The third-order valence-corrected chi connectivity index (χ3v) is 4.47. The van der Waals surface area contributed by atoms with Gasteiger partial charge in [0.2, 0.25) is 0 Å². The summed E-state index contributed by atoms with van der Waals surface area (Å²) in [6, 6.07) is 12.2. The molecular formula is C22H28Cl2O2. The standard InChI is InChI=1S/C22H28Cl2O2/c1-15(2)13-25-21-8-7-18(10-22(21)26-14-16(3)4)20-9-17(11-23)5-6-19(20)12-24/h5-10,15-16H,11-14H2,1-4H3. The van der Waals surface area contributed by atoms with Crippen LogP contribution in [0.5, 0.6) is 11.5 Å². The fraction of sp³-hybridized carbons (Fsp3) is 0.455. The number of benzene rings is 2. The van der Waals surface area contributed by atoms with Crippen LogP contribution in [0.2, 0.25) is 0 Å². The summed E-state index contributed by atoms with van der Waals surface area (Å²) in [5.74, 6) is 3.37. The van der Waals surface area contributed by atoms with Crippen LogP contribution in [-0.4, -0.2) is 13.2 Å². The molecule has 2 aromatic rings. The maximum absolute atomic E-state index is 6.15. The second-order valence-corrected chi connectivity index (χ2v) is 7.86. The predicted octanol–water partition coefficient (Wildman–Crippen LogP) is 6.90. The van der Waals surface area contributed by atoms with Crippen LogP contribution in [0.3, 0.4) is 0 Å². The number of ether oxygens (including phenoxy) is 2. The normalized spacial score (nSPS) is 11.2. The average molecular weight is 395 g/mol. The molecule has 2 nitrogen and oxygen atoms in total. The van der Waals surface area contributed by atoms with Gasteiger partial charge in [0.25, 0.3) is 0 Å². The number of rotatable bonds is 9. The highest BCUT2D eigenvalue weighted by molar-refractivity contribution is 6.18. The molecule has 0 aliphatic carbocycles. The van der Waals surface area contributed by atoms with E-state index in [1.54, 1.807) is 0 Å². The van der Waals surface area contributed by atoms with Crippen LogP contribution < -0.4 is 9.47 Å². The summed E-state index contributed by atoms with van der Waals surface area (Å²) in [5.41, 5.74) is 4.29. The fourth-order valence-electron chi connectivity index (χ4n) is 2.51. The van der Waals surface area contributed by atoms with Gasteiger partial charge in [-0.05, 0) is 52.3 Å². The molecule has 0 fully saturated rings. The summed E-state index contributed by atoms with van der Waals surface area (Å²) in [7, 11) is 0. The molecule has 0 atom stereocenters. The van der Waals surface area contributed by atoms with Crippen LogP contribution in [0.25, 0.3) is 11.1 Å². The van der Waals surface area contributed by atoms with Crippen LogP contribution in [-0.2, 0) is 11.8 Å². The molecule has 0 heterocycles. The molecule has 2 rings (SSSR count). The van der Waals surface area contributed by atoms with E-state index in [0.717, 1.165) is 33.8 Å². The molecule has 0 spiro atoms. The lowest BCUT2D eigenvalue weighted by Crippen LogP contribution is -2.09. The third-order valence-electron chi connectivity index (χ3n) is 3.87. The monoisotopic (exact) mass is 394 g/mol. The smallest absolute Gasteiger partial charge is 0.161 e. The zero-order valence-electron chi connectivity index (χ0n) is 16.0. The van der Waals surface area contributed by atoms with Gasteiger partial charge in [-0.2, -0.15) is 0 Å². The predicted molar refractivity (Wildman–Crippen MR) is 112 cm³/mol. The van der Waals surface area contributed by atoms with Gasteiger partial charge in [0.1, 0.15) is 0 Å². The first-order valence-electron chi connectivity index (χ1n) is 9.08. The van der Waals surface area contributed by atoms with E-state index in [1.807, 2.05) is 24.3 Å². The SMILES string of the molecule is CC(C)COc1ccc(-c2cc(CCl)ccc2CCl)cc1OCC(C)C. The quantitative estimate of drug-likeness (QED) is 0.430. The van der Waals surface area contributed by atoms with Gasteiger partial charge < -0.3 is 9.47 Å². The van der Waals surface area contributed by atoms with E-state index >= 15 is 0 Å². The first kappa shape index (κ1) is 20.9. The van der Waals surface area contributed by atoms with E-state index in [4.69, 9.17) is 32.7 Å². The Hall–Kier alpha value is -1.38. The Labute approximate surface area is 167 Å². The highest BCUT2D eigenvalue weighted by atomic mass is 35.5. The summed E-state index contributed by atoms with van der Waals surface area (Å²) in [5, 5.41) is 0. The minimum atomic E-state index is 0.439. The number of halogens is 2. The van der Waals surface area contributed by atoms with Crippen LogP contribution in [0.15, 0.2) is 36.4 Å². The molecule has 0 saturated heterocycles. The van der Waals surface area contributed by atoms with Crippen molar-refractivity contribution in [3.8, 4) is 22.6 Å². The van der Waals surface area contributed by atoms with Gasteiger partial charge in [-0.3, -0.25) is 0 Å². The van der Waals surface area contributed by atoms with Crippen molar-refractivity contribution < 1.29 is 9.47 Å². The number of hydrogen-bond acceptors (Lipinski definition) is 2. The summed E-state index contributed by atoms with van der Waals surface area (Å²) >= 11 is 12.2. The van der Waals surface area contributed by atoms with Crippen molar-refractivity contribution in [2.45, 2.75) is 39.5 Å². The summed E-state index contributed by atoms with van der Waals surface area (Å²) in [6.07, 6.45) is 0. The molecule has 0 saturated carbocycles. The minimum Gasteiger partial charge on any atom is -0.489 e. The Morgan fingerprint density at radius 1 is 0.769 bits per heavy atom. The maximum Gasteiger partial charge on any atom is 0.161 e. The van der Waals surface area contributed by atoms with E-state index in [1.165, 1.54) is 0 Å². The Balaban J connectivity index is 2.41. The van der Waals surface area contributed by atoms with Crippen molar-refractivity contribution in [2.24, 2.45) is 11.8 Å². The molecule has 0 N–H and O–H groups in total. The largest absolute Gasteiger partial charge is 0.489 e. The molecule has 142 valence electrons. The zero-order chi connectivity index (χ0) is 19.1. The van der Waals surface area contributed by atoms with Gasteiger partial charge >= 0.3 is 0 Å². The van der Waals surface area contributed by atoms with Crippen molar-refractivity contribution in [2.75, 3.05) is 13.2 Å². The lowest BCUT2D eigenvalue weighted by atomic mass is 9.98. The Morgan fingerprint density at radius 2 is 1.42 bits per heavy atom. The topological polar surface area (TPSA) is 18.5 Å². The van der Waals surface area contributed by atoms with Crippen LogP contribution >= 0.6 is 23.2 Å². The van der Waals surface area contributed by atoms with Crippen molar-refractivity contribution >= 4 is 23.2 Å². The molecule has 0 aliphatic rings. The zero-order valence-corrected chi connectivity index (χ0v) is 17.5. The average Bonchev–Trinajstić information content (AvgIpc) is 2.64. The maximum atomic E-state index is 6.15. The highest BCUT2D eigenvalue weighted by Gasteiger charge is 2.12. The van der Waals surface area contributed by atoms with Crippen molar-refractivity contribution in [3.63, 3.8) is 0 Å². The first-order valence-corrected chi connectivity index (χ1v) is 10.1. The Morgan fingerprint density at radius 3 is 2.00 bits per heavy atom. The Bertz CT molecular complexity index is 711. The molecule has 26 heavy (non-hydrogen) atoms. The summed E-state index contributed by atoms with van der Waals surface area (Å²) < 4.78 is 12.0. The molecule has 0 amide bonds.